The lowest BCUT2D eigenvalue weighted by Crippen LogP contribution is -2.29. The largest absolute Gasteiger partial charge is 0.462 e. The number of fused-ring (bicyclic) bond motifs is 1. The number of aliphatic hydroxyl groups excluding tert-OH is 1. The van der Waals surface area contributed by atoms with E-state index in [9.17, 15) is 27.9 Å². The summed E-state index contributed by atoms with van der Waals surface area (Å²) in [5, 5.41) is 9.78. The minimum atomic E-state index is -4.64. The topological polar surface area (TPSA) is 94.6 Å². The number of nitrogens with zero attached hydrogens (tertiary/aromatic N) is 1. The van der Waals surface area contributed by atoms with Crippen molar-refractivity contribution in [3.05, 3.63) is 69.5 Å². The first-order chi connectivity index (χ1) is 14.1. The summed E-state index contributed by atoms with van der Waals surface area (Å²) in [6.45, 7) is 3.10. The van der Waals surface area contributed by atoms with Gasteiger partial charge >= 0.3 is 12.1 Å². The molecule has 30 heavy (non-hydrogen) atoms. The maximum atomic E-state index is 13.3. The highest BCUT2D eigenvalue weighted by atomic mass is 19.4. The Morgan fingerprint density at radius 3 is 2.37 bits per heavy atom. The highest BCUT2D eigenvalue weighted by Crippen LogP contribution is 2.34. The predicted octanol–water partition coefficient (Wildman–Crippen LogP) is 3.82. The summed E-state index contributed by atoms with van der Waals surface area (Å²) in [6.07, 6.45) is -5.41. The van der Waals surface area contributed by atoms with Gasteiger partial charge in [0.25, 0.3) is 5.56 Å². The van der Waals surface area contributed by atoms with Gasteiger partial charge in [-0.2, -0.15) is 13.2 Å². The van der Waals surface area contributed by atoms with Gasteiger partial charge in [-0.1, -0.05) is 18.2 Å². The third-order valence-corrected chi connectivity index (χ3v) is 4.66. The van der Waals surface area contributed by atoms with Crippen molar-refractivity contribution in [3.8, 4) is 5.69 Å². The van der Waals surface area contributed by atoms with Crippen molar-refractivity contribution in [3.63, 3.8) is 0 Å². The van der Waals surface area contributed by atoms with E-state index in [1.54, 1.807) is 13.8 Å². The number of esters is 1. The second kappa shape index (κ2) is 7.83. The number of halogens is 3. The van der Waals surface area contributed by atoms with Gasteiger partial charge in [-0.15, -0.1) is 0 Å². The smallest absolute Gasteiger partial charge is 0.416 e. The van der Waals surface area contributed by atoms with Crippen molar-refractivity contribution in [1.29, 1.82) is 0 Å². The quantitative estimate of drug-likeness (QED) is 0.626. The number of alkyl halides is 3. The molecular weight excluding hydrogens is 401 g/mol. The average molecular weight is 420 g/mol. The van der Waals surface area contributed by atoms with Crippen LogP contribution in [0, 0.1) is 0 Å². The highest BCUT2D eigenvalue weighted by Gasteiger charge is 2.32. The van der Waals surface area contributed by atoms with Gasteiger partial charge in [0.1, 0.15) is 5.56 Å². The summed E-state index contributed by atoms with van der Waals surface area (Å²) in [5.74, 6) is -0.962. The van der Waals surface area contributed by atoms with Crippen molar-refractivity contribution in [2.45, 2.75) is 26.1 Å². The maximum Gasteiger partial charge on any atom is 0.416 e. The lowest BCUT2D eigenvalue weighted by molar-refractivity contribution is -0.137. The molecule has 1 aromatic heterocycles. The molecule has 0 aliphatic heterocycles. The fourth-order valence-electron chi connectivity index (χ4n) is 3.15. The summed E-state index contributed by atoms with van der Waals surface area (Å²) < 4.78 is 45.7. The molecule has 1 atom stereocenters. The summed E-state index contributed by atoms with van der Waals surface area (Å²) in [4.78, 5) is 25.5. The number of anilines is 1. The molecular formula is C21H19F3N2O4. The van der Waals surface area contributed by atoms with Crippen LogP contribution in [0.15, 0.2) is 47.3 Å². The Balaban J connectivity index is 2.41. The molecule has 2 aromatic carbocycles. The number of aromatic nitrogens is 1. The van der Waals surface area contributed by atoms with E-state index in [1.807, 2.05) is 0 Å². The molecule has 0 spiro atoms. The lowest BCUT2D eigenvalue weighted by Gasteiger charge is -2.17. The number of ether oxygens (including phenoxy) is 1. The van der Waals surface area contributed by atoms with Crippen LogP contribution in [-0.4, -0.2) is 22.2 Å². The van der Waals surface area contributed by atoms with Gasteiger partial charge in [0.2, 0.25) is 0 Å². The van der Waals surface area contributed by atoms with Crippen LogP contribution in [0.4, 0.5) is 18.9 Å². The molecule has 0 saturated carbocycles. The number of carbonyl (C=O) groups excluding carboxylic acids is 1. The molecule has 1 heterocycles. The second-order valence-electron chi connectivity index (χ2n) is 6.65. The van der Waals surface area contributed by atoms with Crippen LogP contribution >= 0.6 is 0 Å². The molecule has 0 unspecified atom stereocenters. The van der Waals surface area contributed by atoms with E-state index in [0.29, 0.717) is 5.56 Å². The van der Waals surface area contributed by atoms with Crippen molar-refractivity contribution < 1.29 is 27.8 Å². The van der Waals surface area contributed by atoms with Crippen LogP contribution in [0.2, 0.25) is 0 Å². The van der Waals surface area contributed by atoms with E-state index in [0.717, 1.165) is 22.8 Å². The van der Waals surface area contributed by atoms with E-state index in [1.165, 1.54) is 24.3 Å². The van der Waals surface area contributed by atoms with Crippen LogP contribution in [-0.2, 0) is 10.9 Å². The SMILES string of the molecule is CCOC(=O)c1c(N)c2ccc(C(F)(F)F)cc2n(-c2ccc([C@@H](C)O)cc2)c1=O. The Morgan fingerprint density at radius 1 is 1.20 bits per heavy atom. The standard InChI is InChI=1S/C21H19F3N2O4/c1-3-30-20(29)17-18(25)15-9-6-13(21(22,23)24)10-16(15)26(19(17)28)14-7-4-12(5-8-14)11(2)27/h4-11,27H,3,25H2,1-2H3/t11-/m1/s1. The minimum Gasteiger partial charge on any atom is -0.462 e. The fraction of sp³-hybridized carbons (Fsp3) is 0.238. The highest BCUT2D eigenvalue weighted by molar-refractivity contribution is 6.04. The number of benzene rings is 2. The van der Waals surface area contributed by atoms with Gasteiger partial charge in [-0.05, 0) is 43.7 Å². The molecule has 3 aromatic rings. The molecule has 158 valence electrons. The number of nitrogen functional groups attached to an aromatic ring is 1. The first-order valence-electron chi connectivity index (χ1n) is 9.07. The van der Waals surface area contributed by atoms with Crippen LogP contribution < -0.4 is 11.3 Å². The summed E-state index contributed by atoms with van der Waals surface area (Å²) in [6, 6.07) is 8.76. The number of hydrogen-bond donors (Lipinski definition) is 2. The van der Waals surface area contributed by atoms with Crippen LogP contribution in [0.5, 0.6) is 0 Å². The first-order valence-corrected chi connectivity index (χ1v) is 9.07. The maximum absolute atomic E-state index is 13.3. The van der Waals surface area contributed by atoms with Crippen molar-refractivity contribution >= 4 is 22.6 Å². The normalized spacial score (nSPS) is 12.7. The van der Waals surface area contributed by atoms with Gasteiger partial charge < -0.3 is 15.6 Å². The monoisotopic (exact) mass is 420 g/mol. The molecule has 0 radical (unpaired) electrons. The Labute approximate surface area is 169 Å². The fourth-order valence-corrected chi connectivity index (χ4v) is 3.15. The molecule has 9 heteroatoms. The molecule has 0 fully saturated rings. The van der Waals surface area contributed by atoms with E-state index in [4.69, 9.17) is 10.5 Å². The minimum absolute atomic E-state index is 0.00809. The lowest BCUT2D eigenvalue weighted by atomic mass is 10.0. The Bertz CT molecular complexity index is 1170. The van der Waals surface area contributed by atoms with E-state index >= 15 is 0 Å². The summed E-state index contributed by atoms with van der Waals surface area (Å²) in [7, 11) is 0. The number of pyridine rings is 1. The third kappa shape index (κ3) is 3.76. The molecule has 0 aliphatic carbocycles. The van der Waals surface area contributed by atoms with Crippen molar-refractivity contribution in [2.24, 2.45) is 0 Å². The van der Waals surface area contributed by atoms with E-state index in [2.05, 4.69) is 0 Å². The molecule has 0 bridgehead atoms. The number of nitrogens with two attached hydrogens (primary N) is 1. The zero-order valence-corrected chi connectivity index (χ0v) is 16.2. The number of rotatable bonds is 4. The van der Waals surface area contributed by atoms with Crippen LogP contribution in [0.25, 0.3) is 16.6 Å². The van der Waals surface area contributed by atoms with E-state index < -0.39 is 34.9 Å². The van der Waals surface area contributed by atoms with Gasteiger partial charge in [0, 0.05) is 11.1 Å². The number of hydrogen-bond acceptors (Lipinski definition) is 5. The molecule has 3 rings (SSSR count). The Morgan fingerprint density at radius 2 is 1.83 bits per heavy atom. The molecule has 3 N–H and O–H groups in total. The summed E-state index contributed by atoms with van der Waals surface area (Å²) >= 11 is 0. The zero-order chi connectivity index (χ0) is 22.2. The Kier molecular flexibility index (Phi) is 5.58. The average Bonchev–Trinajstić information content (AvgIpc) is 2.67. The van der Waals surface area contributed by atoms with Gasteiger partial charge in [0.05, 0.1) is 29.5 Å². The molecule has 0 amide bonds. The molecule has 0 aliphatic rings. The summed E-state index contributed by atoms with van der Waals surface area (Å²) in [5.41, 5.74) is 4.07. The van der Waals surface area contributed by atoms with Crippen molar-refractivity contribution in [2.75, 3.05) is 12.3 Å². The van der Waals surface area contributed by atoms with Gasteiger partial charge in [-0.3, -0.25) is 9.36 Å². The predicted molar refractivity (Wildman–Crippen MR) is 106 cm³/mol. The van der Waals surface area contributed by atoms with Gasteiger partial charge in [0.15, 0.2) is 0 Å². The number of aliphatic hydroxyl groups is 1. The second-order valence-corrected chi connectivity index (χ2v) is 6.65. The van der Waals surface area contributed by atoms with Crippen LogP contribution in [0.3, 0.4) is 0 Å². The molecule has 0 saturated heterocycles. The zero-order valence-electron chi connectivity index (χ0n) is 16.2. The van der Waals surface area contributed by atoms with Gasteiger partial charge in [-0.25, -0.2) is 4.79 Å². The first kappa shape index (κ1) is 21.4. The third-order valence-electron chi connectivity index (χ3n) is 4.66. The van der Waals surface area contributed by atoms with Crippen LogP contribution in [0.1, 0.15) is 41.4 Å². The molecule has 6 nitrogen and oxygen atoms in total. The van der Waals surface area contributed by atoms with Crippen molar-refractivity contribution in [1.82, 2.24) is 4.57 Å². The Hall–Kier alpha value is -3.33. The van der Waals surface area contributed by atoms with E-state index in [-0.39, 0.29) is 28.9 Å². The number of carbonyl (C=O) groups is 1.